The van der Waals surface area contributed by atoms with Gasteiger partial charge < -0.3 is 10.6 Å². The molecule has 0 spiro atoms. The normalized spacial score (nSPS) is 10.8. The molecule has 2 aromatic carbocycles. The molecule has 0 fully saturated rings. The van der Waals surface area contributed by atoms with E-state index >= 15 is 0 Å². The first-order valence-electron chi connectivity index (χ1n) is 9.49. The van der Waals surface area contributed by atoms with E-state index in [0.717, 1.165) is 11.8 Å². The minimum absolute atomic E-state index is 0.0339. The Balaban J connectivity index is 1.71. The van der Waals surface area contributed by atoms with Gasteiger partial charge in [-0.05, 0) is 24.3 Å². The van der Waals surface area contributed by atoms with Crippen LogP contribution in [0.5, 0.6) is 0 Å². The number of hydrogen-bond acceptors (Lipinski definition) is 6. The van der Waals surface area contributed by atoms with Crippen LogP contribution in [-0.4, -0.2) is 32.7 Å². The molecule has 166 valence electrons. The van der Waals surface area contributed by atoms with Crippen molar-refractivity contribution in [3.8, 4) is 11.3 Å². The number of aromatic amines is 1. The number of anilines is 2. The molecule has 3 N–H and O–H groups in total. The van der Waals surface area contributed by atoms with Gasteiger partial charge in [-0.1, -0.05) is 67.0 Å². The van der Waals surface area contributed by atoms with Crippen LogP contribution in [0, 0.1) is 5.92 Å². The fourth-order valence-electron chi connectivity index (χ4n) is 2.55. The number of para-hydroxylation sites is 1. The highest BCUT2D eigenvalue weighted by Gasteiger charge is 2.16. The van der Waals surface area contributed by atoms with Gasteiger partial charge in [-0.2, -0.15) is 0 Å². The number of thioether (sulfide) groups is 1. The van der Waals surface area contributed by atoms with E-state index in [2.05, 4.69) is 25.8 Å². The van der Waals surface area contributed by atoms with Crippen LogP contribution in [0.15, 0.2) is 52.4 Å². The number of carbonyl (C=O) groups is 2. The summed E-state index contributed by atoms with van der Waals surface area (Å²) in [5, 5.41) is 14.4. The zero-order chi connectivity index (χ0) is 23.3. The zero-order valence-electron chi connectivity index (χ0n) is 17.1. The highest BCUT2D eigenvalue weighted by atomic mass is 35.5. The largest absolute Gasteiger partial charge is 0.325 e. The summed E-state index contributed by atoms with van der Waals surface area (Å²) < 4.78 is 0. The molecule has 32 heavy (non-hydrogen) atoms. The highest BCUT2D eigenvalue weighted by Crippen LogP contribution is 2.26. The molecule has 0 bridgehead atoms. The predicted molar refractivity (Wildman–Crippen MR) is 127 cm³/mol. The molecule has 8 nitrogen and oxygen atoms in total. The van der Waals surface area contributed by atoms with Crippen LogP contribution in [-0.2, 0) is 9.59 Å². The lowest BCUT2D eigenvalue weighted by Crippen LogP contribution is -2.20. The number of amides is 2. The van der Waals surface area contributed by atoms with Gasteiger partial charge in [0.05, 0.1) is 22.2 Å². The van der Waals surface area contributed by atoms with Crippen molar-refractivity contribution in [2.45, 2.75) is 19.0 Å². The third-order valence-electron chi connectivity index (χ3n) is 4.18. The lowest BCUT2D eigenvalue weighted by molar-refractivity contribution is -0.119. The van der Waals surface area contributed by atoms with E-state index < -0.39 is 5.56 Å². The summed E-state index contributed by atoms with van der Waals surface area (Å²) in [4.78, 5) is 39.5. The van der Waals surface area contributed by atoms with Gasteiger partial charge in [-0.15, -0.1) is 10.2 Å². The first kappa shape index (κ1) is 23.8. The van der Waals surface area contributed by atoms with E-state index in [-0.39, 0.29) is 34.3 Å². The van der Waals surface area contributed by atoms with Crippen molar-refractivity contribution in [2.75, 3.05) is 16.4 Å². The van der Waals surface area contributed by atoms with Crippen molar-refractivity contribution < 1.29 is 9.59 Å². The molecule has 0 aliphatic carbocycles. The molecule has 11 heteroatoms. The van der Waals surface area contributed by atoms with E-state index in [0.29, 0.717) is 27.0 Å². The number of hydrogen-bond donors (Lipinski definition) is 3. The van der Waals surface area contributed by atoms with Gasteiger partial charge in [0.15, 0.2) is 10.9 Å². The number of H-pyrrole nitrogens is 1. The Hall–Kier alpha value is -2.88. The summed E-state index contributed by atoms with van der Waals surface area (Å²) in [6, 6.07) is 11.6. The number of nitrogens with one attached hydrogen (secondary N) is 3. The van der Waals surface area contributed by atoms with Crippen LogP contribution in [0.25, 0.3) is 11.3 Å². The number of aromatic nitrogens is 3. The topological polar surface area (TPSA) is 117 Å². The molecular formula is C21H19Cl2N5O3S. The van der Waals surface area contributed by atoms with Gasteiger partial charge >= 0.3 is 0 Å². The summed E-state index contributed by atoms with van der Waals surface area (Å²) in [7, 11) is 0. The molecule has 0 radical (unpaired) electrons. The minimum Gasteiger partial charge on any atom is -0.325 e. The molecule has 0 saturated heterocycles. The van der Waals surface area contributed by atoms with E-state index in [9.17, 15) is 14.4 Å². The SMILES string of the molecule is CC(C)C(=O)Nc1ccccc1-c1nnc(SCC(=O)Nc2cc(Cl)ccc2Cl)[nH]c1=O. The highest BCUT2D eigenvalue weighted by molar-refractivity contribution is 7.99. The first-order valence-corrected chi connectivity index (χ1v) is 11.2. The van der Waals surface area contributed by atoms with Crippen LogP contribution in [0.1, 0.15) is 13.8 Å². The van der Waals surface area contributed by atoms with Gasteiger partial charge in [0.2, 0.25) is 11.8 Å². The maximum absolute atomic E-state index is 12.6. The fraction of sp³-hybridized carbons (Fsp3) is 0.190. The van der Waals surface area contributed by atoms with E-state index in [4.69, 9.17) is 23.2 Å². The standard InChI is InChI=1S/C21H19Cl2N5O3S/c1-11(2)19(30)25-15-6-4-3-5-13(15)18-20(31)26-21(28-27-18)32-10-17(29)24-16-9-12(22)7-8-14(16)23/h3-9,11H,10H2,1-2H3,(H,24,29)(H,25,30)(H,26,28,31). The predicted octanol–water partition coefficient (Wildman–Crippen LogP) is 4.46. The minimum atomic E-state index is -0.493. The molecule has 1 aromatic heterocycles. The van der Waals surface area contributed by atoms with Crippen molar-refractivity contribution in [1.29, 1.82) is 0 Å². The molecule has 0 aliphatic heterocycles. The molecule has 2 amide bonds. The molecule has 1 heterocycles. The second-order valence-electron chi connectivity index (χ2n) is 6.96. The summed E-state index contributed by atoms with van der Waals surface area (Å²) in [6.45, 7) is 3.54. The Morgan fingerprint density at radius 2 is 1.81 bits per heavy atom. The lowest BCUT2D eigenvalue weighted by atomic mass is 10.1. The van der Waals surface area contributed by atoms with Gasteiger partial charge in [0, 0.05) is 16.5 Å². The fourth-order valence-corrected chi connectivity index (χ4v) is 3.49. The summed E-state index contributed by atoms with van der Waals surface area (Å²) >= 11 is 13.0. The van der Waals surface area contributed by atoms with Crippen LogP contribution < -0.4 is 16.2 Å². The van der Waals surface area contributed by atoms with Crippen LogP contribution in [0.2, 0.25) is 10.0 Å². The quantitative estimate of drug-likeness (QED) is 0.419. The smallest absolute Gasteiger partial charge is 0.278 e. The molecular weight excluding hydrogens is 473 g/mol. The van der Waals surface area contributed by atoms with Crippen molar-refractivity contribution in [3.63, 3.8) is 0 Å². The third kappa shape index (κ3) is 6.09. The van der Waals surface area contributed by atoms with Crippen LogP contribution in [0.3, 0.4) is 0 Å². The Labute approximate surface area is 198 Å². The first-order chi connectivity index (χ1) is 15.2. The molecule has 3 aromatic rings. The van der Waals surface area contributed by atoms with E-state index in [1.165, 1.54) is 0 Å². The average molecular weight is 492 g/mol. The number of benzene rings is 2. The third-order valence-corrected chi connectivity index (χ3v) is 5.61. The van der Waals surface area contributed by atoms with Crippen molar-refractivity contribution in [3.05, 3.63) is 62.9 Å². The number of halogens is 2. The van der Waals surface area contributed by atoms with Gasteiger partial charge in [-0.25, -0.2) is 0 Å². The zero-order valence-corrected chi connectivity index (χ0v) is 19.4. The Bertz CT molecular complexity index is 1220. The van der Waals surface area contributed by atoms with E-state index in [1.54, 1.807) is 56.3 Å². The monoisotopic (exact) mass is 491 g/mol. The molecule has 0 unspecified atom stereocenters. The van der Waals surface area contributed by atoms with Crippen LogP contribution >= 0.6 is 35.0 Å². The Morgan fingerprint density at radius 3 is 2.53 bits per heavy atom. The average Bonchev–Trinajstić information content (AvgIpc) is 2.75. The molecule has 0 aliphatic rings. The summed E-state index contributed by atoms with van der Waals surface area (Å²) in [6.07, 6.45) is 0. The maximum atomic E-state index is 12.6. The molecule has 3 rings (SSSR count). The molecule has 0 atom stereocenters. The Morgan fingerprint density at radius 1 is 1.06 bits per heavy atom. The summed E-state index contributed by atoms with van der Waals surface area (Å²) in [5.41, 5.74) is 0.861. The molecule has 0 saturated carbocycles. The Kier molecular flexibility index (Phi) is 7.89. The van der Waals surface area contributed by atoms with E-state index in [1.807, 2.05) is 0 Å². The van der Waals surface area contributed by atoms with Crippen molar-refractivity contribution in [1.82, 2.24) is 15.2 Å². The van der Waals surface area contributed by atoms with Crippen molar-refractivity contribution in [2.24, 2.45) is 5.92 Å². The number of rotatable bonds is 7. The number of carbonyl (C=O) groups excluding carboxylic acids is 2. The van der Waals surface area contributed by atoms with Gasteiger partial charge in [0.1, 0.15) is 0 Å². The second-order valence-corrected chi connectivity index (χ2v) is 8.77. The number of nitrogens with zero attached hydrogens (tertiary/aromatic N) is 2. The summed E-state index contributed by atoms with van der Waals surface area (Å²) in [5.74, 6) is -0.792. The van der Waals surface area contributed by atoms with Crippen LogP contribution in [0.4, 0.5) is 11.4 Å². The van der Waals surface area contributed by atoms with Gasteiger partial charge in [-0.3, -0.25) is 19.4 Å². The lowest BCUT2D eigenvalue weighted by Gasteiger charge is -2.11. The van der Waals surface area contributed by atoms with Crippen molar-refractivity contribution >= 4 is 58.2 Å². The maximum Gasteiger partial charge on any atom is 0.278 e. The van der Waals surface area contributed by atoms with Gasteiger partial charge in [0.25, 0.3) is 5.56 Å². The second kappa shape index (κ2) is 10.6.